The average Bonchev–Trinajstić information content (AvgIpc) is 3.05. The Balaban J connectivity index is 1.80. The molecule has 3 aromatic carbocycles. The van der Waals surface area contributed by atoms with Crippen LogP contribution >= 0.6 is 7.92 Å². The molecule has 5 rings (SSSR count). The molecule has 1 heterocycles. The van der Waals surface area contributed by atoms with Gasteiger partial charge in [-0.15, -0.1) is 0 Å². The topological polar surface area (TPSA) is 0 Å². The minimum absolute atomic E-state index is 0.00545. The molecular formula is C33H33P. The van der Waals surface area contributed by atoms with Crippen LogP contribution < -0.4 is 0 Å². The number of hydrogen-bond acceptors (Lipinski definition) is 0. The molecule has 0 aromatic heterocycles. The maximum absolute atomic E-state index is 2.55. The van der Waals surface area contributed by atoms with Gasteiger partial charge in [-0.2, -0.15) is 0 Å². The van der Waals surface area contributed by atoms with Crippen molar-refractivity contribution in [3.8, 4) is 0 Å². The summed E-state index contributed by atoms with van der Waals surface area (Å²) in [4.78, 5) is 0. The second-order valence-electron chi connectivity index (χ2n) is 9.68. The summed E-state index contributed by atoms with van der Waals surface area (Å²) in [6.07, 6.45) is 5.11. The van der Waals surface area contributed by atoms with Gasteiger partial charge in [0.05, 0.1) is 0 Å². The summed E-state index contributed by atoms with van der Waals surface area (Å²) in [6, 6.07) is 33.1. The smallest absolute Gasteiger partial charge is 0.0380 e. The molecule has 0 atom stereocenters. The van der Waals surface area contributed by atoms with Crippen LogP contribution in [0, 0.1) is 0 Å². The van der Waals surface area contributed by atoms with Gasteiger partial charge in [-0.25, -0.2) is 0 Å². The van der Waals surface area contributed by atoms with E-state index in [2.05, 4.69) is 138 Å². The standard InChI is InChI=1S/C33H33P/c1-23-24(2)26(4)33(5,25(23)3)34-31(28-17-11-7-12-18-28)21-30(27-15-9-6-10-16-27)22-32(34)29-19-13-8-14-20-29/h6-22,30H,1-5H3. The fourth-order valence-corrected chi connectivity index (χ4v) is 9.26. The highest BCUT2D eigenvalue weighted by molar-refractivity contribution is 7.80. The van der Waals surface area contributed by atoms with Crippen molar-refractivity contribution in [1.82, 2.24) is 0 Å². The molecule has 0 radical (unpaired) electrons. The van der Waals surface area contributed by atoms with Crippen molar-refractivity contribution in [2.24, 2.45) is 0 Å². The maximum atomic E-state index is 2.55. The molecule has 0 saturated carbocycles. The zero-order chi connectivity index (χ0) is 23.9. The first kappa shape index (κ1) is 22.8. The van der Waals surface area contributed by atoms with Gasteiger partial charge in [0.2, 0.25) is 0 Å². The predicted molar refractivity (Wildman–Crippen MR) is 150 cm³/mol. The molecule has 0 nitrogen and oxygen atoms in total. The summed E-state index contributed by atoms with van der Waals surface area (Å²) in [6.45, 7) is 11.9. The van der Waals surface area contributed by atoms with E-state index < -0.39 is 7.92 Å². The molecule has 1 aliphatic carbocycles. The van der Waals surface area contributed by atoms with Crippen LogP contribution in [0.1, 0.15) is 57.2 Å². The quantitative estimate of drug-likeness (QED) is 0.340. The molecule has 1 aliphatic heterocycles. The first-order chi connectivity index (χ1) is 16.4. The zero-order valence-corrected chi connectivity index (χ0v) is 21.7. The van der Waals surface area contributed by atoms with Crippen LogP contribution in [-0.4, -0.2) is 5.16 Å². The van der Waals surface area contributed by atoms with E-state index >= 15 is 0 Å². The highest BCUT2D eigenvalue weighted by Gasteiger charge is 2.47. The summed E-state index contributed by atoms with van der Waals surface area (Å²) >= 11 is 0. The molecule has 1 heteroatoms. The Hall–Kier alpha value is -2.95. The van der Waals surface area contributed by atoms with Crippen LogP contribution in [0.15, 0.2) is 125 Å². The van der Waals surface area contributed by atoms with Gasteiger partial charge in [0.1, 0.15) is 0 Å². The summed E-state index contributed by atoms with van der Waals surface area (Å²) in [5.41, 5.74) is 10.0. The van der Waals surface area contributed by atoms with Crippen LogP contribution in [0.2, 0.25) is 0 Å². The van der Waals surface area contributed by atoms with Crippen molar-refractivity contribution in [2.75, 3.05) is 0 Å². The lowest BCUT2D eigenvalue weighted by Crippen LogP contribution is -2.26. The van der Waals surface area contributed by atoms with E-state index in [9.17, 15) is 0 Å². The molecule has 0 unspecified atom stereocenters. The number of rotatable bonds is 4. The molecule has 0 saturated heterocycles. The Morgan fingerprint density at radius 2 is 0.941 bits per heavy atom. The van der Waals surface area contributed by atoms with Gasteiger partial charge >= 0.3 is 0 Å². The summed E-state index contributed by atoms with van der Waals surface area (Å²) < 4.78 is 0. The largest absolute Gasteiger partial charge is 0.0645 e. The fraction of sp³-hybridized carbons (Fsp3) is 0.212. The molecule has 0 N–H and O–H groups in total. The van der Waals surface area contributed by atoms with Crippen LogP contribution in [0.25, 0.3) is 10.6 Å². The molecule has 0 fully saturated rings. The SMILES string of the molecule is CC1=C(C)C(C)(P2C(c3ccccc3)=CC(c3ccccc3)C=C2c2ccccc2)C(C)=C1C. The Morgan fingerprint density at radius 1 is 0.559 bits per heavy atom. The van der Waals surface area contributed by atoms with E-state index in [0.29, 0.717) is 0 Å². The predicted octanol–water partition coefficient (Wildman–Crippen LogP) is 9.79. The van der Waals surface area contributed by atoms with Gasteiger partial charge in [-0.1, -0.05) is 114 Å². The molecular weight excluding hydrogens is 427 g/mol. The Morgan fingerprint density at radius 3 is 1.35 bits per heavy atom. The maximum Gasteiger partial charge on any atom is 0.0380 e. The van der Waals surface area contributed by atoms with Gasteiger partial charge in [-0.3, -0.25) is 0 Å². The van der Waals surface area contributed by atoms with Crippen LogP contribution in [0.4, 0.5) is 0 Å². The summed E-state index contributed by atoms with van der Waals surface area (Å²) in [5.74, 6) is 0.256. The van der Waals surface area contributed by atoms with E-state index in [1.165, 1.54) is 49.6 Å². The van der Waals surface area contributed by atoms with Gasteiger partial charge in [0, 0.05) is 11.1 Å². The number of allylic oxidation sites excluding steroid dienone is 6. The first-order valence-electron chi connectivity index (χ1n) is 12.2. The second-order valence-corrected chi connectivity index (χ2v) is 12.2. The van der Waals surface area contributed by atoms with Crippen molar-refractivity contribution >= 4 is 18.5 Å². The van der Waals surface area contributed by atoms with Crippen molar-refractivity contribution in [2.45, 2.75) is 45.7 Å². The Kier molecular flexibility index (Phi) is 6.05. The second kappa shape index (κ2) is 9.01. The normalized spacial score (nSPS) is 22.0. The van der Waals surface area contributed by atoms with E-state index in [4.69, 9.17) is 0 Å². The minimum atomic E-state index is -0.677. The van der Waals surface area contributed by atoms with E-state index in [-0.39, 0.29) is 11.1 Å². The molecule has 0 spiro atoms. The number of hydrogen-bond donors (Lipinski definition) is 0. The number of benzene rings is 3. The van der Waals surface area contributed by atoms with Crippen molar-refractivity contribution in [3.05, 3.63) is 142 Å². The minimum Gasteiger partial charge on any atom is -0.0645 e. The van der Waals surface area contributed by atoms with E-state index in [1.807, 2.05) is 0 Å². The van der Waals surface area contributed by atoms with Crippen molar-refractivity contribution in [1.29, 1.82) is 0 Å². The monoisotopic (exact) mass is 460 g/mol. The van der Waals surface area contributed by atoms with Crippen molar-refractivity contribution < 1.29 is 0 Å². The molecule has 3 aromatic rings. The third kappa shape index (κ3) is 3.66. The molecule has 170 valence electrons. The molecule has 34 heavy (non-hydrogen) atoms. The van der Waals surface area contributed by atoms with Gasteiger partial charge in [-0.05, 0) is 81.0 Å². The average molecular weight is 461 g/mol. The third-order valence-electron chi connectivity index (χ3n) is 8.08. The third-order valence-corrected chi connectivity index (χ3v) is 11.4. The van der Waals surface area contributed by atoms with E-state index in [1.54, 1.807) is 0 Å². The summed E-state index contributed by atoms with van der Waals surface area (Å²) in [7, 11) is -0.677. The molecule has 0 bridgehead atoms. The highest BCUT2D eigenvalue weighted by Crippen LogP contribution is 2.76. The molecule has 0 amide bonds. The Bertz CT molecular complexity index is 1240. The lowest BCUT2D eigenvalue weighted by atomic mass is 9.95. The van der Waals surface area contributed by atoms with Crippen molar-refractivity contribution in [3.63, 3.8) is 0 Å². The van der Waals surface area contributed by atoms with Crippen LogP contribution in [-0.2, 0) is 0 Å². The van der Waals surface area contributed by atoms with Gasteiger partial charge in [0.15, 0.2) is 0 Å². The summed E-state index contributed by atoms with van der Waals surface area (Å²) in [5, 5.41) is 2.98. The lowest BCUT2D eigenvalue weighted by Gasteiger charge is -2.44. The highest BCUT2D eigenvalue weighted by atomic mass is 31.1. The first-order valence-corrected chi connectivity index (χ1v) is 13.5. The Labute approximate surface area is 206 Å². The zero-order valence-electron chi connectivity index (χ0n) is 20.8. The van der Waals surface area contributed by atoms with Crippen LogP contribution in [0.5, 0.6) is 0 Å². The van der Waals surface area contributed by atoms with Gasteiger partial charge < -0.3 is 0 Å². The lowest BCUT2D eigenvalue weighted by molar-refractivity contribution is 0.865. The molecule has 2 aliphatic rings. The van der Waals surface area contributed by atoms with Gasteiger partial charge in [0.25, 0.3) is 0 Å². The fourth-order valence-electron chi connectivity index (χ4n) is 5.59. The van der Waals surface area contributed by atoms with Crippen LogP contribution in [0.3, 0.4) is 0 Å². The van der Waals surface area contributed by atoms with E-state index in [0.717, 1.165) is 0 Å².